The van der Waals surface area contributed by atoms with Gasteiger partial charge in [0.1, 0.15) is 19.3 Å². The Hall–Kier alpha value is -1.94. The minimum absolute atomic E-state index is 0.102. The maximum atomic E-state index is 13.0. The van der Waals surface area contributed by atoms with Crippen molar-refractivity contribution in [2.24, 2.45) is 17.8 Å². The number of carbonyl (C=O) groups excluding carboxylic acids is 4. The first-order valence-corrected chi connectivity index (χ1v) is 40.4. The van der Waals surface area contributed by atoms with Crippen LogP contribution in [0.5, 0.6) is 0 Å². The van der Waals surface area contributed by atoms with Crippen molar-refractivity contribution in [1.29, 1.82) is 0 Å². The Bertz CT molecular complexity index is 1790. The van der Waals surface area contributed by atoms with E-state index >= 15 is 0 Å². The molecule has 17 nitrogen and oxygen atoms in total. The fourth-order valence-corrected chi connectivity index (χ4v) is 12.4. The van der Waals surface area contributed by atoms with Gasteiger partial charge >= 0.3 is 39.5 Å². The number of unbranched alkanes of at least 4 members (excludes halogenated alkanes) is 37. The third kappa shape index (κ3) is 65.1. The molecule has 6 atom stereocenters. The molecular weight excluding hydrogens is 1200 g/mol. The zero-order valence-corrected chi connectivity index (χ0v) is 61.1. The van der Waals surface area contributed by atoms with Gasteiger partial charge in [0, 0.05) is 25.7 Å². The van der Waals surface area contributed by atoms with E-state index in [-0.39, 0.29) is 25.7 Å². The lowest BCUT2D eigenvalue weighted by Gasteiger charge is -2.21. The SMILES string of the molecule is CCCCCCCC(=O)OC[C@H](COP(=O)(O)OC[C@H](O)COP(=O)(O)OC[C@@H](COC(=O)CCCCCCCCCCCCCCCCC(C)CC)OC(=O)CCCCCCCCCCCCCCCCCC(C)C)OC(=O)CCCCCCCCCC(C)C. The fraction of sp³-hybridized carbons (Fsp3) is 0.944. The van der Waals surface area contributed by atoms with Crippen molar-refractivity contribution in [3.8, 4) is 0 Å². The number of aliphatic hydroxyl groups excluding tert-OH is 1. The lowest BCUT2D eigenvalue weighted by molar-refractivity contribution is -0.161. The van der Waals surface area contributed by atoms with E-state index < -0.39 is 97.5 Å². The summed E-state index contributed by atoms with van der Waals surface area (Å²) in [5.41, 5.74) is 0. The summed E-state index contributed by atoms with van der Waals surface area (Å²) in [5.74, 6) is 0.212. The number of carbonyl (C=O) groups is 4. The van der Waals surface area contributed by atoms with Gasteiger partial charge in [0.2, 0.25) is 0 Å². The summed E-state index contributed by atoms with van der Waals surface area (Å²) in [6.45, 7) is 11.8. The standard InChI is InChI=1S/C72H140O17P2/c1-8-10-11-36-46-53-69(74)82-59-67(88-72(77)56-49-42-35-29-31-38-44-51-64(5)6)61-86-90(78,79)84-57-66(73)58-85-91(80,81)87-62-68(89-71(76)55-48-41-34-28-24-20-14-12-13-17-21-25-30-37-43-50-63(3)4)60-83-70(75)54-47-40-33-27-23-19-16-15-18-22-26-32-39-45-52-65(7)9-2/h63-68,73H,8-62H2,1-7H3,(H,78,79)(H,80,81)/t65?,66-,67+,68+/m0/s1. The van der Waals surface area contributed by atoms with Gasteiger partial charge in [-0.1, -0.05) is 312 Å². The van der Waals surface area contributed by atoms with Crippen LogP contribution in [0.4, 0.5) is 0 Å². The second kappa shape index (κ2) is 62.8. The first-order chi connectivity index (χ1) is 43.8. The van der Waals surface area contributed by atoms with Gasteiger partial charge in [-0.3, -0.25) is 37.3 Å². The van der Waals surface area contributed by atoms with Crippen LogP contribution in [0.2, 0.25) is 0 Å². The number of phosphoric acid groups is 2. The normalized spacial score (nSPS) is 14.5. The van der Waals surface area contributed by atoms with Crippen LogP contribution in [0.15, 0.2) is 0 Å². The number of hydrogen-bond acceptors (Lipinski definition) is 15. The Kier molecular flexibility index (Phi) is 61.5. The van der Waals surface area contributed by atoms with Gasteiger partial charge in [0.25, 0.3) is 0 Å². The van der Waals surface area contributed by atoms with Crippen LogP contribution in [0, 0.1) is 17.8 Å². The average Bonchev–Trinajstić information content (AvgIpc) is 2.33. The quantitative estimate of drug-likeness (QED) is 0.0222. The van der Waals surface area contributed by atoms with Gasteiger partial charge in [-0.15, -0.1) is 0 Å². The van der Waals surface area contributed by atoms with E-state index in [2.05, 4.69) is 48.5 Å². The minimum atomic E-state index is -4.95. The van der Waals surface area contributed by atoms with E-state index in [1.807, 2.05) is 0 Å². The van der Waals surface area contributed by atoms with Gasteiger partial charge in [0.15, 0.2) is 12.2 Å². The van der Waals surface area contributed by atoms with Crippen molar-refractivity contribution in [2.75, 3.05) is 39.6 Å². The van der Waals surface area contributed by atoms with E-state index in [1.165, 1.54) is 167 Å². The van der Waals surface area contributed by atoms with Gasteiger partial charge in [-0.05, 0) is 43.4 Å². The molecule has 0 spiro atoms. The van der Waals surface area contributed by atoms with Crippen LogP contribution in [0.1, 0.15) is 363 Å². The molecule has 0 aliphatic heterocycles. The van der Waals surface area contributed by atoms with Gasteiger partial charge in [-0.25, -0.2) is 9.13 Å². The minimum Gasteiger partial charge on any atom is -0.462 e. The molecule has 0 aliphatic rings. The van der Waals surface area contributed by atoms with E-state index in [9.17, 15) is 43.2 Å². The van der Waals surface area contributed by atoms with Crippen LogP contribution in [0.3, 0.4) is 0 Å². The molecule has 0 aliphatic carbocycles. The molecular formula is C72H140O17P2. The molecule has 0 saturated carbocycles. The molecule has 540 valence electrons. The number of ether oxygens (including phenoxy) is 4. The maximum Gasteiger partial charge on any atom is 0.472 e. The van der Waals surface area contributed by atoms with Gasteiger partial charge < -0.3 is 33.8 Å². The zero-order chi connectivity index (χ0) is 67.3. The molecule has 0 rings (SSSR count). The van der Waals surface area contributed by atoms with E-state index in [0.717, 1.165) is 108 Å². The fourth-order valence-electron chi connectivity index (χ4n) is 10.9. The van der Waals surface area contributed by atoms with Crippen LogP contribution < -0.4 is 0 Å². The number of rotatable bonds is 70. The Labute approximate surface area is 556 Å². The third-order valence-corrected chi connectivity index (χ3v) is 18.9. The molecule has 0 fully saturated rings. The predicted octanol–water partition coefficient (Wildman–Crippen LogP) is 20.6. The topological polar surface area (TPSA) is 237 Å². The molecule has 0 bridgehead atoms. The Balaban J connectivity index is 5.14. The van der Waals surface area contributed by atoms with E-state index in [4.69, 9.17) is 37.0 Å². The van der Waals surface area contributed by atoms with Crippen LogP contribution in [-0.2, 0) is 65.4 Å². The molecule has 91 heavy (non-hydrogen) atoms. The molecule has 3 N–H and O–H groups in total. The summed E-state index contributed by atoms with van der Waals surface area (Å²) in [6.07, 6.45) is 47.7. The smallest absolute Gasteiger partial charge is 0.462 e. The van der Waals surface area contributed by atoms with Gasteiger partial charge in [-0.2, -0.15) is 0 Å². The van der Waals surface area contributed by atoms with Crippen molar-refractivity contribution < 1.29 is 80.2 Å². The predicted molar refractivity (Wildman–Crippen MR) is 368 cm³/mol. The molecule has 19 heteroatoms. The zero-order valence-electron chi connectivity index (χ0n) is 59.3. The molecule has 3 unspecified atom stereocenters. The van der Waals surface area contributed by atoms with Crippen LogP contribution >= 0.6 is 15.6 Å². The van der Waals surface area contributed by atoms with Gasteiger partial charge in [0.05, 0.1) is 26.4 Å². The number of phosphoric ester groups is 2. The summed E-state index contributed by atoms with van der Waals surface area (Å²) in [6, 6.07) is 0. The molecule has 0 saturated heterocycles. The molecule has 0 aromatic carbocycles. The number of hydrogen-bond donors (Lipinski definition) is 3. The molecule has 0 radical (unpaired) electrons. The lowest BCUT2D eigenvalue weighted by atomic mass is 9.99. The van der Waals surface area contributed by atoms with Crippen LogP contribution in [0.25, 0.3) is 0 Å². The second-order valence-electron chi connectivity index (χ2n) is 27.2. The average molecular weight is 1340 g/mol. The highest BCUT2D eigenvalue weighted by Gasteiger charge is 2.30. The Morgan fingerprint density at radius 2 is 0.560 bits per heavy atom. The van der Waals surface area contributed by atoms with E-state index in [0.29, 0.717) is 31.6 Å². The molecule has 0 heterocycles. The van der Waals surface area contributed by atoms with E-state index in [1.54, 1.807) is 0 Å². The largest absolute Gasteiger partial charge is 0.472 e. The van der Waals surface area contributed by atoms with Crippen molar-refractivity contribution in [3.63, 3.8) is 0 Å². The van der Waals surface area contributed by atoms with Crippen LogP contribution in [-0.4, -0.2) is 96.7 Å². The van der Waals surface area contributed by atoms with Crippen molar-refractivity contribution in [2.45, 2.75) is 381 Å². The third-order valence-electron chi connectivity index (χ3n) is 17.0. The number of aliphatic hydroxyl groups is 1. The Morgan fingerprint density at radius 3 is 0.835 bits per heavy atom. The highest BCUT2D eigenvalue weighted by Crippen LogP contribution is 2.45. The molecule has 0 amide bonds. The summed E-state index contributed by atoms with van der Waals surface area (Å²) in [4.78, 5) is 72.3. The number of esters is 4. The Morgan fingerprint density at radius 1 is 0.319 bits per heavy atom. The first-order valence-electron chi connectivity index (χ1n) is 37.4. The molecule has 0 aromatic heterocycles. The second-order valence-corrected chi connectivity index (χ2v) is 30.1. The highest BCUT2D eigenvalue weighted by molar-refractivity contribution is 7.47. The molecule has 0 aromatic rings. The van der Waals surface area contributed by atoms with Crippen molar-refractivity contribution >= 4 is 39.5 Å². The summed E-state index contributed by atoms with van der Waals surface area (Å²) < 4.78 is 68.1. The summed E-state index contributed by atoms with van der Waals surface area (Å²) >= 11 is 0. The first kappa shape index (κ1) is 89.1. The lowest BCUT2D eigenvalue weighted by Crippen LogP contribution is -2.30. The van der Waals surface area contributed by atoms with Crippen molar-refractivity contribution in [1.82, 2.24) is 0 Å². The summed E-state index contributed by atoms with van der Waals surface area (Å²) in [7, 11) is -9.89. The maximum absolute atomic E-state index is 13.0. The summed E-state index contributed by atoms with van der Waals surface area (Å²) in [5, 5.41) is 10.6. The highest BCUT2D eigenvalue weighted by atomic mass is 31.2. The van der Waals surface area contributed by atoms with Crippen molar-refractivity contribution in [3.05, 3.63) is 0 Å². The monoisotopic (exact) mass is 1340 g/mol.